The van der Waals surface area contributed by atoms with E-state index < -0.39 is 335 Å². The van der Waals surface area contributed by atoms with Crippen LogP contribution in [0, 0.1) is 23.2 Å². The molecule has 53 heteroatoms. The number of nitrogens with one attached hydrogen (secondary N) is 18. The highest BCUT2D eigenvalue weighted by molar-refractivity contribution is 7.98. The maximum atomic E-state index is 15.1. The number of carbonyl (C=O) groups is 21. The number of carboxylic acids is 2. The highest BCUT2D eigenvalue weighted by atomic mass is 32.2. The fraction of sp³-hybridized carbons (Fsp3) is 0.565. The number of benzene rings is 3. The van der Waals surface area contributed by atoms with Crippen LogP contribution >= 0.6 is 23.5 Å². The third kappa shape index (κ3) is 47.9. The Balaban J connectivity index is 2.00. The maximum absolute atomic E-state index is 15.1. The normalized spacial score (nSPS) is 14.6. The van der Waals surface area contributed by atoms with Crippen molar-refractivity contribution < 1.29 is 136 Å². The quantitative estimate of drug-likeness (QED) is 0.0142. The summed E-state index contributed by atoms with van der Waals surface area (Å²) in [5.41, 5.74) is 29.2. The summed E-state index contributed by atoms with van der Waals surface area (Å²) in [7, 11) is 0. The zero-order valence-corrected chi connectivity index (χ0v) is 83.6. The van der Waals surface area contributed by atoms with Crippen LogP contribution in [0.5, 0.6) is 5.75 Å². The lowest BCUT2D eigenvalue weighted by Crippen LogP contribution is -2.62. The van der Waals surface area contributed by atoms with Crippen molar-refractivity contribution in [3.8, 4) is 5.75 Å². The third-order valence-corrected chi connectivity index (χ3v) is 23.3. The van der Waals surface area contributed by atoms with Gasteiger partial charge in [0.2, 0.25) is 112 Å². The molecule has 0 heterocycles. The van der Waals surface area contributed by atoms with Gasteiger partial charge in [0.05, 0.1) is 32.5 Å². The summed E-state index contributed by atoms with van der Waals surface area (Å²) >= 11 is 2.42. The summed E-state index contributed by atoms with van der Waals surface area (Å²) in [6, 6.07) is -6.58. The van der Waals surface area contributed by atoms with Crippen LogP contribution in [0.3, 0.4) is 0 Å². The zero-order chi connectivity index (χ0) is 109. The fourth-order valence-corrected chi connectivity index (χ4v) is 15.1. The van der Waals surface area contributed by atoms with Gasteiger partial charge in [-0.1, -0.05) is 114 Å². The molecule has 804 valence electrons. The van der Waals surface area contributed by atoms with Crippen LogP contribution in [-0.2, 0) is 120 Å². The molecule has 0 saturated heterocycles. The van der Waals surface area contributed by atoms with Crippen LogP contribution in [0.25, 0.3) is 0 Å². The molecule has 35 N–H and O–H groups in total. The summed E-state index contributed by atoms with van der Waals surface area (Å²) in [6.07, 6.45) is -3.03. The average molecular weight is 2080 g/mol. The van der Waals surface area contributed by atoms with Gasteiger partial charge in [-0.3, -0.25) is 101 Å². The van der Waals surface area contributed by atoms with Gasteiger partial charge >= 0.3 is 11.9 Å². The second kappa shape index (κ2) is 66.1. The molecule has 0 radical (unpaired) electrons. The number of carbonyl (C=O) groups excluding carboxylic acids is 19. The van der Waals surface area contributed by atoms with Crippen LogP contribution in [0.4, 0.5) is 0 Å². The first kappa shape index (κ1) is 125. The standard InChI is InChI=1S/C92H141N23O28S2/c1-47(2)38-62(82(133)113-67(44-117)87(138)105-60(34-37-145-8)81(132)102-57(26-30-71(95)122)79(130)112-69(46-119)89(140)114-68(45-118)88(139)106-61(91(142)143)27-31-72(96)123)110-90(141)74(49(5)6)115-85(136)63(39-48(3)4)107-84(135)65(42-52-21-23-53(120)24-22-52)109-77(128)56(25-29-70(94)121)101-76(127)55(20-15-35-99-92(97)98)100-80(131)59(33-36-144-7)104-83(134)64(41-51-18-13-10-14-19-51)108-78(129)58(28-32-73(124)125)103-86(137)66(43-116)111-75(126)54(93)40-50-16-11-9-12-17-50/h9-14,16-19,21-24,47-49,54-69,74,116-120H,15,20,25-46,93H2,1-8H3,(H2,94,121)(H2,95,122)(H2,96,123)(H,100,131)(H,101,127)(H,102,132)(H,103,137)(H,104,134)(H,105,138)(H,106,139)(H,107,135)(H,108,129)(H,109,128)(H,110,141)(H,111,126)(H,112,130)(H,113,133)(H,114,140)(H,115,136)(H,124,125)(H,142,143)(H4,97,98,99). The van der Waals surface area contributed by atoms with Crippen LogP contribution in [-0.4, -0.2) is 326 Å². The molecule has 0 spiro atoms. The Bertz CT molecular complexity index is 4840. The molecule has 19 amide bonds. The number of aliphatic carboxylic acids is 2. The van der Waals surface area contributed by atoms with Crippen LogP contribution in [0.15, 0.2) is 84.9 Å². The summed E-state index contributed by atoms with van der Waals surface area (Å²) < 4.78 is 0. The van der Waals surface area contributed by atoms with Gasteiger partial charge in [0.15, 0.2) is 5.96 Å². The number of hydrogen-bond donors (Lipinski definition) is 30. The van der Waals surface area contributed by atoms with Crippen molar-refractivity contribution in [3.05, 3.63) is 102 Å². The third-order valence-electron chi connectivity index (χ3n) is 22.1. The molecular weight excluding hydrogens is 1940 g/mol. The van der Waals surface area contributed by atoms with Gasteiger partial charge in [0, 0.05) is 45.1 Å². The van der Waals surface area contributed by atoms with Crippen LogP contribution in [0.1, 0.15) is 148 Å². The molecule has 0 aliphatic rings. The first-order valence-corrected chi connectivity index (χ1v) is 49.5. The van der Waals surface area contributed by atoms with Gasteiger partial charge in [0.25, 0.3) is 0 Å². The van der Waals surface area contributed by atoms with Crippen molar-refractivity contribution >= 4 is 154 Å². The van der Waals surface area contributed by atoms with Gasteiger partial charge in [-0.15, -0.1) is 0 Å². The van der Waals surface area contributed by atoms with E-state index in [4.69, 9.17) is 34.1 Å². The Hall–Kier alpha value is -13.9. The second-order valence-electron chi connectivity index (χ2n) is 35.3. The number of aromatic hydroxyl groups is 1. The lowest BCUT2D eigenvalue weighted by molar-refractivity contribution is -0.143. The lowest BCUT2D eigenvalue weighted by atomic mass is 9.97. The molecule has 17 unspecified atom stereocenters. The van der Waals surface area contributed by atoms with E-state index in [0.29, 0.717) is 16.7 Å². The Labute approximate surface area is 845 Å². The molecule has 0 aliphatic carbocycles. The van der Waals surface area contributed by atoms with E-state index in [-0.39, 0.29) is 75.2 Å². The van der Waals surface area contributed by atoms with Crippen LogP contribution < -0.4 is 119 Å². The molecule has 0 fully saturated rings. The number of phenols is 1. The number of aliphatic hydroxyl groups excluding tert-OH is 4. The number of amides is 19. The number of phenolic OH excluding ortho intramolecular Hbond substituents is 1. The summed E-state index contributed by atoms with van der Waals surface area (Å²) in [5, 5.41) is 120. The van der Waals surface area contributed by atoms with E-state index in [9.17, 15) is 127 Å². The van der Waals surface area contributed by atoms with Gasteiger partial charge in [-0.05, 0) is 141 Å². The number of thioether (sulfide) groups is 2. The van der Waals surface area contributed by atoms with E-state index in [0.717, 1.165) is 0 Å². The van der Waals surface area contributed by atoms with Gasteiger partial charge in [-0.25, -0.2) is 4.79 Å². The number of nitrogens with two attached hydrogens (primary N) is 5. The highest BCUT2D eigenvalue weighted by Crippen LogP contribution is 2.19. The van der Waals surface area contributed by atoms with E-state index in [1.54, 1.807) is 101 Å². The molecule has 0 bridgehead atoms. The van der Waals surface area contributed by atoms with Crippen molar-refractivity contribution in [1.82, 2.24) is 90.4 Å². The van der Waals surface area contributed by atoms with E-state index in [1.165, 1.54) is 61.6 Å². The second-order valence-corrected chi connectivity index (χ2v) is 37.3. The number of carboxylic acid groups (broad SMARTS) is 2. The minimum absolute atomic E-state index is 0.0293. The number of rotatable bonds is 70. The van der Waals surface area contributed by atoms with E-state index in [2.05, 4.69) is 79.8 Å². The predicted molar refractivity (Wildman–Crippen MR) is 528 cm³/mol. The molecule has 17 atom stereocenters. The summed E-state index contributed by atoms with van der Waals surface area (Å²) in [6.45, 7) is 5.15. The predicted octanol–water partition coefficient (Wildman–Crippen LogP) is -8.26. The minimum atomic E-state index is -1.97. The molecule has 145 heavy (non-hydrogen) atoms. The van der Waals surface area contributed by atoms with E-state index >= 15 is 9.59 Å². The molecule has 3 aromatic carbocycles. The van der Waals surface area contributed by atoms with Crippen molar-refractivity contribution in [1.29, 1.82) is 5.41 Å². The first-order chi connectivity index (χ1) is 68.5. The lowest BCUT2D eigenvalue weighted by Gasteiger charge is -2.30. The monoisotopic (exact) mass is 2080 g/mol. The molecule has 0 aliphatic heterocycles. The van der Waals surface area contributed by atoms with Gasteiger partial charge in [-0.2, -0.15) is 23.5 Å². The highest BCUT2D eigenvalue weighted by Gasteiger charge is 2.41. The zero-order valence-electron chi connectivity index (χ0n) is 82.0. The Morgan fingerprint density at radius 2 is 0.586 bits per heavy atom. The van der Waals surface area contributed by atoms with E-state index in [1.807, 2.05) is 10.6 Å². The smallest absolute Gasteiger partial charge is 0.326 e. The number of aliphatic hydroxyl groups is 4. The minimum Gasteiger partial charge on any atom is -0.508 e. The SMILES string of the molecule is CSCCC(NC(=O)C(Cc1ccccc1)NC(=O)C(CCC(=O)O)NC(=O)C(CO)NC(=O)C(N)Cc1ccccc1)C(=O)NC(CCCNC(=N)N)C(=O)NC(CCC(N)=O)C(=O)NC(Cc1ccc(O)cc1)C(=O)NC(CC(C)C)C(=O)NC(C(=O)NC(CC(C)C)C(=O)NC(CO)C(=O)NC(CCSC)C(=O)NC(CCC(N)=O)C(=O)NC(CO)C(=O)NC(CO)C(=O)NC(CCC(N)=O)C(=O)O)C(C)C. The molecule has 3 aromatic rings. The van der Waals surface area contributed by atoms with Crippen molar-refractivity contribution in [2.45, 2.75) is 253 Å². The average Bonchev–Trinajstić information content (AvgIpc) is 0.851. The fourth-order valence-electron chi connectivity index (χ4n) is 14.1. The molecular formula is C92H141N23O28S2. The van der Waals surface area contributed by atoms with Gasteiger partial charge < -0.3 is 155 Å². The molecule has 0 saturated carbocycles. The topological polar surface area (TPSA) is 859 Å². The summed E-state index contributed by atoms with van der Waals surface area (Å²) in [5.74, 6) is -25.6. The van der Waals surface area contributed by atoms with Crippen molar-refractivity contribution in [3.63, 3.8) is 0 Å². The number of hydrogen-bond acceptors (Lipinski definition) is 30. The largest absolute Gasteiger partial charge is 0.508 e. The molecule has 51 nitrogen and oxygen atoms in total. The first-order valence-electron chi connectivity index (χ1n) is 46.7. The molecule has 3 rings (SSSR count). The Morgan fingerprint density at radius 3 is 0.910 bits per heavy atom. The van der Waals surface area contributed by atoms with Gasteiger partial charge in [0.1, 0.15) is 102 Å². The van der Waals surface area contributed by atoms with Crippen LogP contribution in [0.2, 0.25) is 0 Å². The Kier molecular flexibility index (Phi) is 57.1. The van der Waals surface area contributed by atoms with Crippen molar-refractivity contribution in [2.24, 2.45) is 46.4 Å². The van der Waals surface area contributed by atoms with Crippen molar-refractivity contribution in [2.75, 3.05) is 57.0 Å². The number of primary amides is 3. The molecule has 0 aromatic heterocycles. The number of guanidine groups is 1. The maximum Gasteiger partial charge on any atom is 0.326 e. The Morgan fingerprint density at radius 1 is 0.317 bits per heavy atom. The summed E-state index contributed by atoms with van der Waals surface area (Å²) in [4.78, 5) is 289.